The lowest BCUT2D eigenvalue weighted by Crippen LogP contribution is -2.19. The average molecular weight is 438 g/mol. The predicted octanol–water partition coefficient (Wildman–Crippen LogP) is 5.12. The van der Waals surface area contributed by atoms with Crippen LogP contribution in [-0.4, -0.2) is 30.4 Å². The largest absolute Gasteiger partial charge is 0.493 e. The summed E-state index contributed by atoms with van der Waals surface area (Å²) in [5.41, 5.74) is 1.44. The van der Waals surface area contributed by atoms with Crippen LogP contribution in [0.5, 0.6) is 23.0 Å². The lowest BCUT2D eigenvalue weighted by molar-refractivity contribution is 0.261. The lowest BCUT2D eigenvalue weighted by atomic mass is 10.2. The molecule has 0 saturated heterocycles. The number of nitrogens with zero attached hydrogens (tertiary/aromatic N) is 2. The summed E-state index contributed by atoms with van der Waals surface area (Å²) in [7, 11) is 3.05. The SMILES string of the molecule is COc1cc2nccc(Oc3ccc(NC(=O)Nc4cc(C)no4)cc3F)c2cc1OC. The van der Waals surface area contributed by atoms with Gasteiger partial charge in [0.15, 0.2) is 23.1 Å². The molecule has 0 aliphatic heterocycles. The van der Waals surface area contributed by atoms with Crippen LogP contribution in [0.15, 0.2) is 53.2 Å². The molecule has 2 amide bonds. The van der Waals surface area contributed by atoms with Gasteiger partial charge in [0.25, 0.3) is 0 Å². The first-order chi connectivity index (χ1) is 15.5. The number of methoxy groups -OCH3 is 2. The minimum atomic E-state index is -0.663. The number of carbonyl (C=O) groups is 1. The molecular weight excluding hydrogens is 419 g/mol. The van der Waals surface area contributed by atoms with Gasteiger partial charge < -0.3 is 24.1 Å². The normalized spacial score (nSPS) is 10.6. The third kappa shape index (κ3) is 4.38. The zero-order valence-electron chi connectivity index (χ0n) is 17.4. The number of benzene rings is 2. The molecule has 2 aromatic carbocycles. The molecule has 0 atom stereocenters. The Morgan fingerprint density at radius 1 is 0.969 bits per heavy atom. The van der Waals surface area contributed by atoms with Crippen molar-refractivity contribution in [3.63, 3.8) is 0 Å². The Balaban J connectivity index is 1.54. The predicted molar refractivity (Wildman–Crippen MR) is 115 cm³/mol. The highest BCUT2D eigenvalue weighted by atomic mass is 19.1. The van der Waals surface area contributed by atoms with E-state index in [0.29, 0.717) is 33.8 Å². The topological polar surface area (TPSA) is 108 Å². The van der Waals surface area contributed by atoms with Gasteiger partial charge >= 0.3 is 6.03 Å². The number of nitrogens with one attached hydrogen (secondary N) is 2. The summed E-state index contributed by atoms with van der Waals surface area (Å²) in [6, 6.07) is 10.1. The fraction of sp³-hybridized carbons (Fsp3) is 0.136. The standard InChI is InChI=1S/C22H19FN4O5/c1-12-8-21(32-27-12)26-22(28)25-13-4-5-18(15(23)9-13)31-17-6-7-24-16-11-20(30-3)19(29-2)10-14(16)17/h4-11H,1-3H3,(H2,25,26,28). The Morgan fingerprint density at radius 2 is 1.75 bits per heavy atom. The van der Waals surface area contributed by atoms with E-state index < -0.39 is 11.8 Å². The van der Waals surface area contributed by atoms with Crippen LogP contribution in [0, 0.1) is 12.7 Å². The molecule has 4 aromatic rings. The van der Waals surface area contributed by atoms with Crippen molar-refractivity contribution in [1.29, 1.82) is 0 Å². The van der Waals surface area contributed by atoms with E-state index in [1.807, 2.05) is 0 Å². The van der Waals surface area contributed by atoms with E-state index in [2.05, 4.69) is 20.8 Å². The number of aromatic nitrogens is 2. The fourth-order valence-corrected chi connectivity index (χ4v) is 3.01. The zero-order chi connectivity index (χ0) is 22.7. The molecule has 32 heavy (non-hydrogen) atoms. The van der Waals surface area contributed by atoms with E-state index >= 15 is 0 Å². The van der Waals surface area contributed by atoms with Crippen molar-refractivity contribution in [3.05, 3.63) is 60.2 Å². The van der Waals surface area contributed by atoms with Gasteiger partial charge in [0.1, 0.15) is 5.75 Å². The lowest BCUT2D eigenvalue weighted by Gasteiger charge is -2.13. The number of pyridine rings is 1. The molecule has 0 unspecified atom stereocenters. The summed E-state index contributed by atoms with van der Waals surface area (Å²) in [5.74, 6) is 0.884. The second kappa shape index (κ2) is 8.80. The minimum Gasteiger partial charge on any atom is -0.493 e. The fourth-order valence-electron chi connectivity index (χ4n) is 3.01. The molecule has 0 bridgehead atoms. The van der Waals surface area contributed by atoms with E-state index in [9.17, 15) is 9.18 Å². The van der Waals surface area contributed by atoms with Crippen molar-refractivity contribution in [2.75, 3.05) is 24.9 Å². The van der Waals surface area contributed by atoms with Gasteiger partial charge in [0.2, 0.25) is 5.88 Å². The van der Waals surface area contributed by atoms with Crippen molar-refractivity contribution in [2.24, 2.45) is 0 Å². The van der Waals surface area contributed by atoms with Crippen molar-refractivity contribution in [2.45, 2.75) is 6.92 Å². The minimum absolute atomic E-state index is 0.0240. The molecule has 4 rings (SSSR count). The number of urea groups is 1. The number of amides is 2. The summed E-state index contributed by atoms with van der Waals surface area (Å²) < 4.78 is 36.0. The highest BCUT2D eigenvalue weighted by Gasteiger charge is 2.14. The maximum absolute atomic E-state index is 14.7. The second-order valence-corrected chi connectivity index (χ2v) is 6.69. The average Bonchev–Trinajstić information content (AvgIpc) is 3.19. The first-order valence-electron chi connectivity index (χ1n) is 9.46. The van der Waals surface area contributed by atoms with E-state index in [1.165, 1.54) is 26.4 Å². The van der Waals surface area contributed by atoms with E-state index in [0.717, 1.165) is 6.07 Å². The smallest absolute Gasteiger partial charge is 0.326 e. The summed E-state index contributed by atoms with van der Waals surface area (Å²) in [6.45, 7) is 1.72. The van der Waals surface area contributed by atoms with Crippen molar-refractivity contribution in [1.82, 2.24) is 10.1 Å². The molecule has 2 heterocycles. The van der Waals surface area contributed by atoms with E-state index in [1.54, 1.807) is 37.4 Å². The van der Waals surface area contributed by atoms with Gasteiger partial charge in [-0.3, -0.25) is 10.3 Å². The number of fused-ring (bicyclic) bond motifs is 1. The molecule has 0 aliphatic rings. The van der Waals surface area contributed by atoms with E-state index in [4.69, 9.17) is 18.7 Å². The third-order valence-corrected chi connectivity index (χ3v) is 4.48. The number of halogens is 1. The van der Waals surface area contributed by atoms with Crippen LogP contribution in [0.25, 0.3) is 10.9 Å². The summed E-state index contributed by atoms with van der Waals surface area (Å²) in [5, 5.41) is 9.27. The molecule has 0 fully saturated rings. The highest BCUT2D eigenvalue weighted by molar-refractivity contribution is 5.99. The molecule has 9 nitrogen and oxygen atoms in total. The number of hydrogen-bond acceptors (Lipinski definition) is 7. The van der Waals surface area contributed by atoms with Gasteiger partial charge in [-0.2, -0.15) is 0 Å². The summed E-state index contributed by atoms with van der Waals surface area (Å²) in [4.78, 5) is 16.3. The van der Waals surface area contributed by atoms with Gasteiger partial charge in [-0.05, 0) is 31.2 Å². The Hall–Kier alpha value is -4.34. The Morgan fingerprint density at radius 3 is 2.44 bits per heavy atom. The number of ether oxygens (including phenoxy) is 3. The van der Waals surface area contributed by atoms with Crippen LogP contribution in [0.4, 0.5) is 20.8 Å². The van der Waals surface area contributed by atoms with Crippen LogP contribution < -0.4 is 24.8 Å². The summed E-state index contributed by atoms with van der Waals surface area (Å²) in [6.07, 6.45) is 1.55. The van der Waals surface area contributed by atoms with Gasteiger partial charge in [-0.25, -0.2) is 9.18 Å². The van der Waals surface area contributed by atoms with Crippen molar-refractivity contribution in [3.8, 4) is 23.0 Å². The van der Waals surface area contributed by atoms with E-state index in [-0.39, 0.29) is 17.3 Å². The molecule has 0 saturated carbocycles. The van der Waals surface area contributed by atoms with Crippen LogP contribution in [-0.2, 0) is 0 Å². The molecule has 0 aliphatic carbocycles. The Bertz CT molecular complexity index is 1290. The number of aryl methyl sites for hydroxylation is 1. The molecule has 0 spiro atoms. The Kier molecular flexibility index (Phi) is 5.75. The van der Waals surface area contributed by atoms with Crippen LogP contribution >= 0.6 is 0 Å². The number of carbonyl (C=O) groups excluding carboxylic acids is 1. The van der Waals surface area contributed by atoms with Crippen molar-refractivity contribution >= 4 is 28.5 Å². The number of rotatable bonds is 6. The molecule has 2 aromatic heterocycles. The summed E-state index contributed by atoms with van der Waals surface area (Å²) >= 11 is 0. The molecule has 164 valence electrons. The molecular formula is C22H19FN4O5. The van der Waals surface area contributed by atoms with Crippen LogP contribution in [0.1, 0.15) is 5.69 Å². The van der Waals surface area contributed by atoms with Crippen LogP contribution in [0.2, 0.25) is 0 Å². The monoisotopic (exact) mass is 438 g/mol. The molecule has 10 heteroatoms. The third-order valence-electron chi connectivity index (χ3n) is 4.48. The van der Waals surface area contributed by atoms with Gasteiger partial charge in [-0.15, -0.1) is 0 Å². The molecule has 2 N–H and O–H groups in total. The first-order valence-corrected chi connectivity index (χ1v) is 9.46. The van der Waals surface area contributed by atoms with Gasteiger partial charge in [-0.1, -0.05) is 5.16 Å². The zero-order valence-corrected chi connectivity index (χ0v) is 17.4. The maximum atomic E-state index is 14.7. The molecule has 0 radical (unpaired) electrons. The van der Waals surface area contributed by atoms with Gasteiger partial charge in [0.05, 0.1) is 25.4 Å². The van der Waals surface area contributed by atoms with Crippen LogP contribution in [0.3, 0.4) is 0 Å². The quantitative estimate of drug-likeness (QED) is 0.430. The second-order valence-electron chi connectivity index (χ2n) is 6.69. The Labute approximate surface area is 182 Å². The maximum Gasteiger partial charge on any atom is 0.326 e. The first kappa shape index (κ1) is 20.9. The number of hydrogen-bond donors (Lipinski definition) is 2. The van der Waals surface area contributed by atoms with Gasteiger partial charge in [0, 0.05) is 35.5 Å². The highest BCUT2D eigenvalue weighted by Crippen LogP contribution is 2.37. The van der Waals surface area contributed by atoms with Crippen molar-refractivity contribution < 1.29 is 27.9 Å². The number of anilines is 2.